The Morgan fingerprint density at radius 1 is 1.00 bits per heavy atom. The van der Waals surface area contributed by atoms with E-state index in [-0.39, 0.29) is 19.1 Å². The van der Waals surface area contributed by atoms with Crippen molar-refractivity contribution in [3.8, 4) is 0 Å². The number of piperazine rings is 1. The Morgan fingerprint density at radius 2 is 1.51 bits per heavy atom. The fourth-order valence-corrected chi connectivity index (χ4v) is 4.53. The molecule has 194 valence electrons. The first-order valence-electron chi connectivity index (χ1n) is 11.2. The second kappa shape index (κ2) is 11.3. The highest BCUT2D eigenvalue weighted by Crippen LogP contribution is 2.32. The van der Waals surface area contributed by atoms with Crippen LogP contribution in [0.25, 0.3) is 0 Å². The first kappa shape index (κ1) is 26.6. The summed E-state index contributed by atoms with van der Waals surface area (Å²) in [5.74, 6) is -2.77. The van der Waals surface area contributed by atoms with Crippen LogP contribution in [0.4, 0.5) is 5.69 Å². The van der Waals surface area contributed by atoms with Gasteiger partial charge in [-0.1, -0.05) is 52.6 Å². The van der Waals surface area contributed by atoms with E-state index in [0.29, 0.717) is 23.1 Å². The quantitative estimate of drug-likeness (QED) is 0.318. The molecule has 13 heteroatoms. The molecule has 0 aliphatic carbocycles. The van der Waals surface area contributed by atoms with Crippen LogP contribution < -0.4 is 0 Å². The van der Waals surface area contributed by atoms with Crippen LogP contribution >= 0.6 is 23.2 Å². The van der Waals surface area contributed by atoms with Crippen molar-refractivity contribution in [1.29, 1.82) is 0 Å². The molecule has 0 radical (unpaired) electrons. The normalized spacial score (nSPS) is 15.1. The Kier molecular flexibility index (Phi) is 8.08. The van der Waals surface area contributed by atoms with Crippen molar-refractivity contribution in [2.45, 2.75) is 18.6 Å². The lowest BCUT2D eigenvalue weighted by atomic mass is 9.96. The minimum atomic E-state index is -1.93. The lowest BCUT2D eigenvalue weighted by molar-refractivity contribution is -0.386. The predicted molar refractivity (Wildman–Crippen MR) is 133 cm³/mol. The minimum Gasteiger partial charge on any atom is -0.479 e. The topological polar surface area (TPSA) is 150 Å². The van der Waals surface area contributed by atoms with Gasteiger partial charge in [0.05, 0.1) is 17.4 Å². The van der Waals surface area contributed by atoms with Crippen LogP contribution in [0.2, 0.25) is 10.0 Å². The number of aliphatic hydroxyl groups excluding tert-OH is 1. The van der Waals surface area contributed by atoms with E-state index in [9.17, 15) is 24.8 Å². The second-order valence-corrected chi connectivity index (χ2v) is 9.32. The zero-order chi connectivity index (χ0) is 26.7. The Morgan fingerprint density at radius 3 is 1.97 bits per heavy atom. The smallest absolute Gasteiger partial charge is 0.344 e. The van der Waals surface area contributed by atoms with Crippen molar-refractivity contribution in [2.24, 2.45) is 0 Å². The molecule has 1 aliphatic rings. The molecule has 11 nitrogen and oxygen atoms in total. The Bertz CT molecular complexity index is 1240. The van der Waals surface area contributed by atoms with Crippen LogP contribution in [0.3, 0.4) is 0 Å². The summed E-state index contributed by atoms with van der Waals surface area (Å²) in [6.45, 7) is 1.43. The Balaban J connectivity index is 1.53. The van der Waals surface area contributed by atoms with Gasteiger partial charge in [-0.15, -0.1) is 0 Å². The van der Waals surface area contributed by atoms with Gasteiger partial charge in [-0.25, -0.2) is 4.79 Å². The molecule has 1 aromatic heterocycles. The highest BCUT2D eigenvalue weighted by Gasteiger charge is 2.37. The third-order valence-electron chi connectivity index (χ3n) is 6.12. The van der Waals surface area contributed by atoms with Crippen LogP contribution in [0.5, 0.6) is 0 Å². The van der Waals surface area contributed by atoms with Gasteiger partial charge in [-0.2, -0.15) is 0 Å². The maximum absolute atomic E-state index is 13.1. The van der Waals surface area contributed by atoms with Crippen LogP contribution in [0.1, 0.15) is 33.4 Å². The van der Waals surface area contributed by atoms with Crippen molar-refractivity contribution < 1.29 is 29.2 Å². The van der Waals surface area contributed by atoms with E-state index < -0.39 is 46.5 Å². The van der Waals surface area contributed by atoms with E-state index in [4.69, 9.17) is 32.8 Å². The van der Waals surface area contributed by atoms with Gasteiger partial charge in [0, 0.05) is 36.2 Å². The summed E-state index contributed by atoms with van der Waals surface area (Å²) in [5, 5.41) is 34.8. The lowest BCUT2D eigenvalue weighted by Crippen LogP contribution is -2.50. The van der Waals surface area contributed by atoms with Crippen LogP contribution in [0, 0.1) is 10.1 Å². The molecule has 0 spiro atoms. The number of aliphatic carboxylic acids is 1. The summed E-state index contributed by atoms with van der Waals surface area (Å²) in [6, 6.07) is 14.8. The molecule has 2 heterocycles. The van der Waals surface area contributed by atoms with Crippen LogP contribution in [-0.2, 0) is 11.2 Å². The molecule has 4 rings (SSSR count). The van der Waals surface area contributed by atoms with E-state index in [1.54, 1.807) is 0 Å². The van der Waals surface area contributed by atoms with Gasteiger partial charge in [0.15, 0.2) is 6.10 Å². The van der Waals surface area contributed by atoms with Gasteiger partial charge in [-0.05, 0) is 35.4 Å². The lowest BCUT2D eigenvalue weighted by Gasteiger charge is -2.39. The van der Waals surface area contributed by atoms with Crippen molar-refractivity contribution in [3.63, 3.8) is 0 Å². The molecule has 3 aromatic rings. The molecule has 1 fully saturated rings. The zero-order valence-corrected chi connectivity index (χ0v) is 20.8. The van der Waals surface area contributed by atoms with E-state index in [0.717, 1.165) is 11.1 Å². The molecule has 0 bridgehead atoms. The maximum atomic E-state index is 13.1. The standard InChI is InChI=1S/C24H22Cl2N4O7/c25-16-5-1-14(2-6-16)21(15-3-7-17(26)8-4-15)28-9-11-29(12-10-28)23(32)20-22(30(35)36)19(37-27-20)13-18(31)24(33)34/h1-8,18,21,31H,9-13H2,(H,33,34). The number of hydrogen-bond donors (Lipinski definition) is 2. The molecule has 2 N–H and O–H groups in total. The number of rotatable bonds is 8. The van der Waals surface area contributed by atoms with Crippen molar-refractivity contribution >= 4 is 40.8 Å². The first-order valence-corrected chi connectivity index (χ1v) is 12.0. The summed E-state index contributed by atoms with van der Waals surface area (Å²) < 4.78 is 4.89. The van der Waals surface area contributed by atoms with Gasteiger partial charge in [0.2, 0.25) is 11.5 Å². The Hall–Kier alpha value is -3.51. The number of benzene rings is 2. The number of nitrogens with zero attached hydrogens (tertiary/aromatic N) is 4. The predicted octanol–water partition coefficient (Wildman–Crippen LogP) is 3.43. The molecule has 37 heavy (non-hydrogen) atoms. The van der Waals surface area contributed by atoms with E-state index >= 15 is 0 Å². The van der Waals surface area contributed by atoms with E-state index in [1.807, 2.05) is 48.5 Å². The molecule has 1 aliphatic heterocycles. The number of carboxylic acid groups (broad SMARTS) is 1. The number of nitro groups is 1. The molecule has 1 amide bonds. The third kappa shape index (κ3) is 5.91. The molecular formula is C24H22Cl2N4O7. The summed E-state index contributed by atoms with van der Waals surface area (Å²) in [6.07, 6.45) is -2.63. The fourth-order valence-electron chi connectivity index (χ4n) is 4.28. The Labute approximate surface area is 220 Å². The van der Waals surface area contributed by atoms with E-state index in [2.05, 4.69) is 10.1 Å². The summed E-state index contributed by atoms with van der Waals surface area (Å²) in [7, 11) is 0. The van der Waals surface area contributed by atoms with Crippen LogP contribution in [-0.4, -0.2) is 74.3 Å². The summed E-state index contributed by atoms with van der Waals surface area (Å²) >= 11 is 12.2. The molecular weight excluding hydrogens is 527 g/mol. The monoisotopic (exact) mass is 548 g/mol. The number of amides is 1. The van der Waals surface area contributed by atoms with Gasteiger partial charge in [0.1, 0.15) is 0 Å². The third-order valence-corrected chi connectivity index (χ3v) is 6.63. The number of carbonyl (C=O) groups excluding carboxylic acids is 1. The first-order chi connectivity index (χ1) is 17.7. The van der Waals surface area contributed by atoms with Gasteiger partial charge in [-0.3, -0.25) is 19.8 Å². The average Bonchev–Trinajstić information content (AvgIpc) is 3.30. The highest BCUT2D eigenvalue weighted by atomic mass is 35.5. The molecule has 2 aromatic carbocycles. The highest BCUT2D eigenvalue weighted by molar-refractivity contribution is 6.30. The number of carboxylic acids is 1. The molecule has 1 saturated heterocycles. The molecule has 0 saturated carbocycles. The van der Waals surface area contributed by atoms with Crippen LogP contribution in [0.15, 0.2) is 53.1 Å². The number of aliphatic hydroxyl groups is 1. The summed E-state index contributed by atoms with van der Waals surface area (Å²) in [5.41, 5.74) is 0.728. The van der Waals surface area contributed by atoms with Gasteiger partial charge >= 0.3 is 11.7 Å². The van der Waals surface area contributed by atoms with Crippen molar-refractivity contribution in [2.75, 3.05) is 26.2 Å². The molecule has 1 atom stereocenters. The number of aromatic nitrogens is 1. The van der Waals surface area contributed by atoms with E-state index in [1.165, 1.54) is 4.90 Å². The van der Waals surface area contributed by atoms with Gasteiger partial charge < -0.3 is 19.6 Å². The number of hydrogen-bond acceptors (Lipinski definition) is 8. The van der Waals surface area contributed by atoms with Crippen molar-refractivity contribution in [3.05, 3.63) is 91.3 Å². The number of halogens is 2. The largest absolute Gasteiger partial charge is 0.479 e. The van der Waals surface area contributed by atoms with Crippen molar-refractivity contribution in [1.82, 2.24) is 15.0 Å². The number of carbonyl (C=O) groups is 2. The SMILES string of the molecule is O=C(O)C(O)Cc1onc(C(=O)N2CCN(C(c3ccc(Cl)cc3)c3ccc(Cl)cc3)CC2)c1[N+](=O)[O-]. The van der Waals surface area contributed by atoms with Gasteiger partial charge in [0.25, 0.3) is 5.91 Å². The second-order valence-electron chi connectivity index (χ2n) is 8.45. The minimum absolute atomic E-state index is 0.141. The summed E-state index contributed by atoms with van der Waals surface area (Å²) in [4.78, 5) is 38.4. The molecule has 1 unspecified atom stereocenters. The average molecular weight is 549 g/mol. The maximum Gasteiger partial charge on any atom is 0.344 e. The zero-order valence-electron chi connectivity index (χ0n) is 19.3. The fraction of sp³-hybridized carbons (Fsp3) is 0.292.